The Bertz CT molecular complexity index is 2000. The first-order valence-corrected chi connectivity index (χ1v) is 13.5. The van der Waals surface area contributed by atoms with Crippen molar-refractivity contribution >= 4 is 44.1 Å². The molecule has 0 radical (unpaired) electrons. The third kappa shape index (κ3) is 4.18. The van der Waals surface area contributed by atoms with Crippen LogP contribution in [0.15, 0.2) is 60.7 Å². The van der Waals surface area contributed by atoms with Crippen molar-refractivity contribution < 1.29 is 49.7 Å². The maximum absolute atomic E-state index is 15.3. The monoisotopic (exact) mass is 726 g/mol. The van der Waals surface area contributed by atoms with Crippen molar-refractivity contribution in [1.82, 2.24) is 0 Å². The van der Waals surface area contributed by atoms with E-state index < -0.39 is 101 Å². The van der Waals surface area contributed by atoms with Gasteiger partial charge in [0.05, 0.1) is 14.7 Å². The summed E-state index contributed by atoms with van der Waals surface area (Å²) in [5, 5.41) is 23.5. The van der Waals surface area contributed by atoms with Crippen LogP contribution in [0.3, 0.4) is 0 Å². The van der Waals surface area contributed by atoms with Crippen LogP contribution in [-0.4, -0.2) is 10.2 Å². The molecular formula is C32H12F9IO2. The molecule has 2 N–H and O–H groups in total. The molecule has 0 amide bonds. The van der Waals surface area contributed by atoms with Gasteiger partial charge >= 0.3 is 0 Å². The lowest BCUT2D eigenvalue weighted by molar-refractivity contribution is 0.380. The fourth-order valence-electron chi connectivity index (χ4n) is 5.24. The lowest BCUT2D eigenvalue weighted by Crippen LogP contribution is -2.05. The second-order valence-corrected chi connectivity index (χ2v) is 10.7. The smallest absolute Gasteiger partial charge is 0.200 e. The Labute approximate surface area is 254 Å². The molecule has 0 saturated carbocycles. The van der Waals surface area contributed by atoms with Gasteiger partial charge in [-0.15, -0.1) is 0 Å². The van der Waals surface area contributed by atoms with E-state index >= 15 is 8.78 Å². The quantitative estimate of drug-likeness (QED) is 0.0825. The molecule has 0 aliphatic carbocycles. The third-order valence-corrected chi connectivity index (χ3v) is 8.20. The van der Waals surface area contributed by atoms with Crippen LogP contribution in [0.2, 0.25) is 0 Å². The van der Waals surface area contributed by atoms with E-state index in [9.17, 15) is 40.9 Å². The summed E-state index contributed by atoms with van der Waals surface area (Å²) in [6, 6.07) is 13.6. The maximum atomic E-state index is 15.3. The number of rotatable bonds is 3. The van der Waals surface area contributed by atoms with Gasteiger partial charge in [0, 0.05) is 22.3 Å². The normalized spacial score (nSPS) is 11.6. The molecule has 0 aliphatic rings. The molecule has 0 heterocycles. The van der Waals surface area contributed by atoms with E-state index in [1.165, 1.54) is 48.5 Å². The summed E-state index contributed by atoms with van der Waals surface area (Å²) in [4.78, 5) is 0. The third-order valence-electron chi connectivity index (χ3n) is 7.25. The highest BCUT2D eigenvalue weighted by Gasteiger charge is 2.32. The predicted octanol–water partition coefficient (Wildman–Crippen LogP) is 10.3. The molecule has 6 rings (SSSR count). The first kappa shape index (κ1) is 29.6. The minimum Gasteiger partial charge on any atom is -0.507 e. The number of benzene rings is 6. The summed E-state index contributed by atoms with van der Waals surface area (Å²) in [5.74, 6) is -20.9. The minimum absolute atomic E-state index is 0.0797. The molecule has 0 spiro atoms. The summed E-state index contributed by atoms with van der Waals surface area (Å²) in [7, 11) is 0. The van der Waals surface area contributed by atoms with E-state index in [1.807, 2.05) is 0 Å². The number of phenolic OH excluding ortho intramolecular Hbond substituents is 2. The van der Waals surface area contributed by atoms with Gasteiger partial charge in [-0.25, -0.2) is 39.5 Å². The second-order valence-electron chi connectivity index (χ2n) is 9.63. The van der Waals surface area contributed by atoms with Gasteiger partial charge in [0.15, 0.2) is 46.5 Å². The molecule has 12 heteroatoms. The summed E-state index contributed by atoms with van der Waals surface area (Å²) in [6.07, 6.45) is 0. The average molecular weight is 726 g/mol. The number of hydrogen-bond donors (Lipinski definition) is 2. The Morgan fingerprint density at radius 2 is 0.750 bits per heavy atom. The van der Waals surface area contributed by atoms with Crippen molar-refractivity contribution in [3.63, 3.8) is 0 Å². The second kappa shape index (κ2) is 10.6. The first-order chi connectivity index (χ1) is 20.9. The van der Waals surface area contributed by atoms with Gasteiger partial charge in [-0.3, -0.25) is 0 Å². The van der Waals surface area contributed by atoms with E-state index in [0.717, 1.165) is 34.7 Å². The van der Waals surface area contributed by atoms with Gasteiger partial charge in [-0.2, -0.15) is 0 Å². The fourth-order valence-corrected chi connectivity index (χ4v) is 5.75. The van der Waals surface area contributed by atoms with Crippen LogP contribution in [0.5, 0.6) is 11.5 Å². The maximum Gasteiger partial charge on any atom is 0.200 e. The molecule has 44 heavy (non-hydrogen) atoms. The van der Waals surface area contributed by atoms with Crippen molar-refractivity contribution in [2.24, 2.45) is 0 Å². The standard InChI is InChI=1S/C32H12F9IO2/c33-21-19(22(34)26(38)28(40)25(21)37)15-9-11-5-1-3-7-13(11)17(31(15)43)18-14-8-4-2-6-12(14)10-16(32(18)44)20-23(35)27(39)29(41)30(42)24(20)36/h1-10,43-44H. The highest BCUT2D eigenvalue weighted by molar-refractivity contribution is 14.1. The van der Waals surface area contributed by atoms with Gasteiger partial charge in [0.2, 0.25) is 5.82 Å². The van der Waals surface area contributed by atoms with E-state index in [0.29, 0.717) is 0 Å². The lowest BCUT2D eigenvalue weighted by Gasteiger charge is -2.20. The van der Waals surface area contributed by atoms with Gasteiger partial charge in [0.1, 0.15) is 11.5 Å². The predicted molar refractivity (Wildman–Crippen MR) is 153 cm³/mol. The van der Waals surface area contributed by atoms with Crippen molar-refractivity contribution in [3.8, 4) is 44.9 Å². The van der Waals surface area contributed by atoms with Crippen molar-refractivity contribution in [2.75, 3.05) is 0 Å². The Morgan fingerprint density at radius 3 is 1.18 bits per heavy atom. The molecule has 2 nitrogen and oxygen atoms in total. The van der Waals surface area contributed by atoms with Crippen molar-refractivity contribution in [3.05, 3.63) is 117 Å². The molecule has 0 saturated heterocycles. The van der Waals surface area contributed by atoms with Gasteiger partial charge in [-0.05, 0) is 56.3 Å². The summed E-state index contributed by atoms with van der Waals surface area (Å²) in [5.41, 5.74) is -4.99. The number of fused-ring (bicyclic) bond motifs is 2. The zero-order chi connectivity index (χ0) is 31.8. The Balaban J connectivity index is 1.82. The summed E-state index contributed by atoms with van der Waals surface area (Å²) >= 11 is 1.12. The molecule has 0 aromatic heterocycles. The Hall–Kier alpha value is -4.46. The Morgan fingerprint density at radius 1 is 0.409 bits per heavy atom. The lowest BCUT2D eigenvalue weighted by atomic mass is 9.86. The van der Waals surface area contributed by atoms with Gasteiger partial charge in [0.25, 0.3) is 0 Å². The summed E-state index contributed by atoms with van der Waals surface area (Å²) in [6.45, 7) is 0. The Kier molecular flexibility index (Phi) is 7.14. The highest BCUT2D eigenvalue weighted by atomic mass is 127. The van der Waals surface area contributed by atoms with Crippen LogP contribution >= 0.6 is 22.6 Å². The molecule has 0 aliphatic heterocycles. The molecule has 222 valence electrons. The topological polar surface area (TPSA) is 40.5 Å². The molecule has 0 fully saturated rings. The highest BCUT2D eigenvalue weighted by Crippen LogP contribution is 2.53. The number of hydrogen-bond acceptors (Lipinski definition) is 2. The van der Waals surface area contributed by atoms with Crippen LogP contribution in [-0.2, 0) is 0 Å². The number of phenols is 2. The zero-order valence-electron chi connectivity index (χ0n) is 21.4. The van der Waals surface area contributed by atoms with Crippen LogP contribution < -0.4 is 0 Å². The van der Waals surface area contributed by atoms with Gasteiger partial charge in [-0.1, -0.05) is 48.5 Å². The van der Waals surface area contributed by atoms with E-state index in [-0.39, 0.29) is 21.5 Å². The summed E-state index contributed by atoms with van der Waals surface area (Å²) < 4.78 is 130. The molecule has 0 bridgehead atoms. The van der Waals surface area contributed by atoms with Crippen molar-refractivity contribution in [2.45, 2.75) is 0 Å². The van der Waals surface area contributed by atoms with E-state index in [4.69, 9.17) is 0 Å². The van der Waals surface area contributed by atoms with E-state index in [1.54, 1.807) is 0 Å². The van der Waals surface area contributed by atoms with Crippen LogP contribution in [0.25, 0.3) is 54.9 Å². The molecule has 6 aromatic carbocycles. The average Bonchev–Trinajstić information content (AvgIpc) is 3.02. The zero-order valence-corrected chi connectivity index (χ0v) is 23.6. The number of halogens is 10. The fraction of sp³-hybridized carbons (Fsp3) is 0. The SMILES string of the molecule is Oc1c(-c2c(F)c(F)c(F)c(F)c2F)cc2ccccc2c1-c1c(O)c(-c2c(F)c(F)c(F)c(I)c2F)cc2ccccc12. The van der Waals surface area contributed by atoms with Crippen molar-refractivity contribution in [1.29, 1.82) is 0 Å². The molecular weight excluding hydrogens is 714 g/mol. The largest absolute Gasteiger partial charge is 0.507 e. The molecule has 6 aromatic rings. The van der Waals surface area contributed by atoms with Gasteiger partial charge < -0.3 is 10.2 Å². The van der Waals surface area contributed by atoms with Crippen LogP contribution in [0.1, 0.15) is 0 Å². The number of aromatic hydroxyl groups is 2. The van der Waals surface area contributed by atoms with Crippen LogP contribution in [0, 0.1) is 55.9 Å². The van der Waals surface area contributed by atoms with Crippen LogP contribution in [0.4, 0.5) is 39.5 Å². The van der Waals surface area contributed by atoms with E-state index in [2.05, 4.69) is 0 Å². The molecule has 0 atom stereocenters. The molecule has 0 unspecified atom stereocenters. The minimum atomic E-state index is -2.43. The first-order valence-electron chi connectivity index (χ1n) is 12.4.